The van der Waals surface area contributed by atoms with Gasteiger partial charge in [0.2, 0.25) is 0 Å². The molecule has 0 amide bonds. The van der Waals surface area contributed by atoms with Crippen LogP contribution < -0.4 is 0 Å². The number of likely N-dealkylation sites (N-methyl/N-ethyl adjacent to an activating group) is 1. The zero-order valence-electron chi connectivity index (χ0n) is 13.8. The molecule has 0 fully saturated rings. The minimum Gasteiger partial charge on any atom is -0.379 e. The second kappa shape index (κ2) is 15.6. The Labute approximate surface area is 129 Å². The van der Waals surface area contributed by atoms with Gasteiger partial charge in [-0.1, -0.05) is 19.4 Å². The largest absolute Gasteiger partial charge is 0.379 e. The van der Waals surface area contributed by atoms with Crippen LogP contribution in [0.1, 0.15) is 26.7 Å². The van der Waals surface area contributed by atoms with E-state index in [0.29, 0.717) is 33.0 Å². The van der Waals surface area contributed by atoms with Crippen LogP contribution in [0, 0.1) is 0 Å². The summed E-state index contributed by atoms with van der Waals surface area (Å²) in [6.07, 6.45) is 5.73. The molecule has 0 aliphatic carbocycles. The molecule has 0 radical (unpaired) electrons. The number of ether oxygens (including phenoxy) is 3. The van der Waals surface area contributed by atoms with E-state index in [1.807, 2.05) is 13.1 Å². The normalized spacial score (nSPS) is 11.6. The van der Waals surface area contributed by atoms with Crippen LogP contribution in [0.25, 0.3) is 0 Å². The maximum Gasteiger partial charge on any atom is 0.152 e. The molecule has 0 bridgehead atoms. The van der Waals surface area contributed by atoms with Gasteiger partial charge in [0.05, 0.1) is 33.0 Å². The van der Waals surface area contributed by atoms with E-state index in [4.69, 9.17) is 14.2 Å². The van der Waals surface area contributed by atoms with Gasteiger partial charge in [-0.2, -0.15) is 0 Å². The molecule has 5 heteroatoms. The summed E-state index contributed by atoms with van der Waals surface area (Å²) in [6, 6.07) is 0. The van der Waals surface area contributed by atoms with Crippen LogP contribution in [-0.4, -0.2) is 70.5 Å². The van der Waals surface area contributed by atoms with E-state index >= 15 is 0 Å². The second-order valence-corrected chi connectivity index (χ2v) is 4.97. The first-order chi connectivity index (χ1) is 10.2. The molecule has 0 aromatic carbocycles. The summed E-state index contributed by atoms with van der Waals surface area (Å²) in [5, 5.41) is 0. The molecule has 0 aromatic heterocycles. The van der Waals surface area contributed by atoms with Crippen LogP contribution in [0.3, 0.4) is 0 Å². The van der Waals surface area contributed by atoms with Crippen LogP contribution in [0.2, 0.25) is 0 Å². The Morgan fingerprint density at radius 2 is 1.57 bits per heavy atom. The van der Waals surface area contributed by atoms with E-state index in [9.17, 15) is 4.79 Å². The van der Waals surface area contributed by atoms with Gasteiger partial charge in [0, 0.05) is 19.7 Å². The quantitative estimate of drug-likeness (QED) is 0.342. The summed E-state index contributed by atoms with van der Waals surface area (Å²) in [5.74, 6) is 0.0791. The van der Waals surface area contributed by atoms with E-state index in [1.54, 1.807) is 13.0 Å². The van der Waals surface area contributed by atoms with Gasteiger partial charge >= 0.3 is 0 Å². The molecular formula is C16H31NO4. The van der Waals surface area contributed by atoms with Gasteiger partial charge < -0.3 is 19.1 Å². The molecule has 21 heavy (non-hydrogen) atoms. The Kier molecular flexibility index (Phi) is 15.1. The molecule has 0 heterocycles. The molecule has 5 nitrogen and oxygen atoms in total. The number of carbonyl (C=O) groups is 1. The van der Waals surface area contributed by atoms with Gasteiger partial charge in [-0.3, -0.25) is 4.79 Å². The maximum atomic E-state index is 10.7. The fourth-order valence-electron chi connectivity index (χ4n) is 1.50. The van der Waals surface area contributed by atoms with Crippen LogP contribution >= 0.6 is 0 Å². The van der Waals surface area contributed by atoms with E-state index in [-0.39, 0.29) is 5.78 Å². The number of nitrogens with zero attached hydrogens (tertiary/aromatic N) is 1. The third kappa shape index (κ3) is 17.2. The van der Waals surface area contributed by atoms with E-state index in [1.165, 1.54) is 0 Å². The highest BCUT2D eigenvalue weighted by atomic mass is 16.5. The Balaban J connectivity index is 3.19. The molecule has 0 saturated heterocycles. The molecule has 0 aliphatic heterocycles. The average Bonchev–Trinajstić information content (AvgIpc) is 2.44. The summed E-state index contributed by atoms with van der Waals surface area (Å²) >= 11 is 0. The summed E-state index contributed by atoms with van der Waals surface area (Å²) in [5.41, 5.74) is 0. The molecule has 0 rings (SSSR count). The number of rotatable bonds is 15. The van der Waals surface area contributed by atoms with Crippen molar-refractivity contribution in [2.75, 3.05) is 59.8 Å². The van der Waals surface area contributed by atoms with Gasteiger partial charge in [-0.25, -0.2) is 0 Å². The first-order valence-electron chi connectivity index (χ1n) is 7.75. The Morgan fingerprint density at radius 3 is 2.14 bits per heavy atom. The summed E-state index contributed by atoms with van der Waals surface area (Å²) < 4.78 is 16.3. The van der Waals surface area contributed by atoms with Crippen LogP contribution in [0.5, 0.6) is 0 Å². The number of unbranched alkanes of at least 4 members (excludes halogenated alkanes) is 1. The van der Waals surface area contributed by atoms with E-state index in [2.05, 4.69) is 11.8 Å². The van der Waals surface area contributed by atoms with Crippen LogP contribution in [0.4, 0.5) is 0 Å². The predicted octanol–water partition coefficient (Wildman–Crippen LogP) is 1.91. The lowest BCUT2D eigenvalue weighted by atomic mass is 10.4. The van der Waals surface area contributed by atoms with Crippen molar-refractivity contribution in [2.24, 2.45) is 0 Å². The smallest absolute Gasteiger partial charge is 0.152 e. The van der Waals surface area contributed by atoms with Crippen molar-refractivity contribution >= 4 is 5.78 Å². The topological polar surface area (TPSA) is 48.0 Å². The van der Waals surface area contributed by atoms with Crippen molar-refractivity contribution in [1.29, 1.82) is 0 Å². The molecule has 0 unspecified atom stereocenters. The molecule has 0 N–H and O–H groups in total. The zero-order valence-corrected chi connectivity index (χ0v) is 13.8. The van der Waals surface area contributed by atoms with Gasteiger partial charge in [-0.15, -0.1) is 0 Å². The van der Waals surface area contributed by atoms with Gasteiger partial charge in [0.25, 0.3) is 0 Å². The standard InChI is InChI=1S/C16H31NO4/c1-4-5-10-19-12-14-21-15-13-20-11-9-17(3)8-6-7-16(2)18/h6-7H,4-5,8-15H2,1-3H3/b7-6+. The number of ketones is 1. The minimum atomic E-state index is 0.0791. The predicted molar refractivity (Wildman–Crippen MR) is 84.7 cm³/mol. The SMILES string of the molecule is CCCCOCCOCCOCCN(C)C/C=C/C(C)=O. The van der Waals surface area contributed by atoms with Gasteiger partial charge in [0.1, 0.15) is 0 Å². The monoisotopic (exact) mass is 301 g/mol. The van der Waals surface area contributed by atoms with Crippen LogP contribution in [0.15, 0.2) is 12.2 Å². The fraction of sp³-hybridized carbons (Fsp3) is 0.812. The second-order valence-electron chi connectivity index (χ2n) is 4.97. The fourth-order valence-corrected chi connectivity index (χ4v) is 1.50. The lowest BCUT2D eigenvalue weighted by molar-refractivity contribution is -0.112. The Hall–Kier alpha value is -0.750. The van der Waals surface area contributed by atoms with Crippen molar-refractivity contribution in [1.82, 2.24) is 4.90 Å². The maximum absolute atomic E-state index is 10.7. The third-order valence-electron chi connectivity index (χ3n) is 2.77. The van der Waals surface area contributed by atoms with Gasteiger partial charge in [0.15, 0.2) is 5.78 Å². The Bertz CT molecular complexity index is 269. The first kappa shape index (κ1) is 20.2. The minimum absolute atomic E-state index is 0.0791. The lowest BCUT2D eigenvalue weighted by Gasteiger charge is -2.14. The highest BCUT2D eigenvalue weighted by Crippen LogP contribution is 1.89. The molecule has 0 atom stereocenters. The molecule has 0 aromatic rings. The number of allylic oxidation sites excluding steroid dienone is 1. The highest BCUT2D eigenvalue weighted by molar-refractivity contribution is 5.87. The van der Waals surface area contributed by atoms with E-state index in [0.717, 1.165) is 32.5 Å². The molecule has 0 aliphatic rings. The number of hydrogen-bond acceptors (Lipinski definition) is 5. The molecule has 0 spiro atoms. The average molecular weight is 301 g/mol. The third-order valence-corrected chi connectivity index (χ3v) is 2.77. The van der Waals surface area contributed by atoms with Crippen molar-refractivity contribution in [3.8, 4) is 0 Å². The summed E-state index contributed by atoms with van der Waals surface area (Å²) in [4.78, 5) is 12.8. The highest BCUT2D eigenvalue weighted by Gasteiger charge is 1.96. The van der Waals surface area contributed by atoms with Crippen molar-refractivity contribution < 1.29 is 19.0 Å². The molecule has 124 valence electrons. The molecule has 0 saturated carbocycles. The molecular weight excluding hydrogens is 270 g/mol. The van der Waals surface area contributed by atoms with Crippen LogP contribution in [-0.2, 0) is 19.0 Å². The van der Waals surface area contributed by atoms with Crippen molar-refractivity contribution in [2.45, 2.75) is 26.7 Å². The Morgan fingerprint density at radius 1 is 1.00 bits per heavy atom. The van der Waals surface area contributed by atoms with Crippen molar-refractivity contribution in [3.63, 3.8) is 0 Å². The lowest BCUT2D eigenvalue weighted by Crippen LogP contribution is -2.24. The number of hydrogen-bond donors (Lipinski definition) is 0. The van der Waals surface area contributed by atoms with Gasteiger partial charge in [-0.05, 0) is 26.5 Å². The van der Waals surface area contributed by atoms with Crippen molar-refractivity contribution in [3.05, 3.63) is 12.2 Å². The number of carbonyl (C=O) groups excluding carboxylic acids is 1. The zero-order chi connectivity index (χ0) is 15.8. The first-order valence-corrected chi connectivity index (χ1v) is 7.75. The summed E-state index contributed by atoms with van der Waals surface area (Å²) in [6.45, 7) is 9.27. The summed E-state index contributed by atoms with van der Waals surface area (Å²) in [7, 11) is 2.00. The van der Waals surface area contributed by atoms with E-state index < -0.39 is 0 Å².